The van der Waals surface area contributed by atoms with Crippen molar-refractivity contribution in [3.8, 4) is 5.75 Å². The molecule has 0 bridgehead atoms. The zero-order valence-corrected chi connectivity index (χ0v) is 14.9. The van der Waals surface area contributed by atoms with E-state index in [1.165, 1.54) is 0 Å². The lowest BCUT2D eigenvalue weighted by molar-refractivity contribution is 0.0730. The van der Waals surface area contributed by atoms with Gasteiger partial charge in [0, 0.05) is 12.1 Å². The molecule has 1 atom stereocenters. The summed E-state index contributed by atoms with van der Waals surface area (Å²) < 4.78 is 5.60. The maximum absolute atomic E-state index is 13.0. The van der Waals surface area contributed by atoms with E-state index < -0.39 is 0 Å². The van der Waals surface area contributed by atoms with Crippen molar-refractivity contribution in [3.63, 3.8) is 0 Å². The Morgan fingerprint density at radius 3 is 2.81 bits per heavy atom. The number of nitrogens with zero attached hydrogens (tertiary/aromatic N) is 2. The van der Waals surface area contributed by atoms with Gasteiger partial charge in [-0.15, -0.1) is 0 Å². The summed E-state index contributed by atoms with van der Waals surface area (Å²) in [5.74, 6) is 1.73. The highest BCUT2D eigenvalue weighted by Gasteiger charge is 2.32. The topological polar surface area (TPSA) is 58.2 Å². The van der Waals surface area contributed by atoms with Crippen LogP contribution < -0.4 is 4.74 Å². The summed E-state index contributed by atoms with van der Waals surface area (Å²) >= 11 is 0. The molecule has 4 rings (SSSR count). The average molecular weight is 349 g/mol. The molecule has 5 heteroatoms. The van der Waals surface area contributed by atoms with E-state index in [-0.39, 0.29) is 11.9 Å². The molecule has 0 radical (unpaired) electrons. The molecule has 3 aromatic rings. The fraction of sp³-hybridized carbons (Fsp3) is 0.333. The number of carbonyl (C=O) groups excluding carboxylic acids is 1. The van der Waals surface area contributed by atoms with Gasteiger partial charge in [0.2, 0.25) is 0 Å². The summed E-state index contributed by atoms with van der Waals surface area (Å²) in [5, 5.41) is 0. The fourth-order valence-electron chi connectivity index (χ4n) is 3.50. The van der Waals surface area contributed by atoms with E-state index in [1.807, 2.05) is 53.4 Å². The fourth-order valence-corrected chi connectivity index (χ4v) is 3.50. The lowest BCUT2D eigenvalue weighted by atomic mass is 10.1. The first kappa shape index (κ1) is 16.6. The Bertz CT molecular complexity index is 868. The number of ether oxygens (including phenoxy) is 1. The number of hydrogen-bond acceptors (Lipinski definition) is 3. The number of rotatable bonds is 5. The van der Waals surface area contributed by atoms with Crippen LogP contribution in [-0.4, -0.2) is 33.9 Å². The lowest BCUT2D eigenvalue weighted by Crippen LogP contribution is -2.31. The van der Waals surface area contributed by atoms with Crippen LogP contribution in [-0.2, 0) is 0 Å². The number of H-pyrrole nitrogens is 1. The molecule has 1 N–H and O–H groups in total. The Hall–Kier alpha value is -2.82. The van der Waals surface area contributed by atoms with Crippen LogP contribution in [0.5, 0.6) is 5.75 Å². The van der Waals surface area contributed by atoms with Crippen molar-refractivity contribution >= 4 is 16.9 Å². The molecule has 2 heterocycles. The minimum absolute atomic E-state index is 0.00548. The molecule has 1 aromatic heterocycles. The first-order chi connectivity index (χ1) is 12.8. The second-order valence-electron chi connectivity index (χ2n) is 6.67. The number of hydrogen-bond donors (Lipinski definition) is 1. The van der Waals surface area contributed by atoms with Crippen molar-refractivity contribution in [1.82, 2.24) is 14.9 Å². The minimum Gasteiger partial charge on any atom is -0.494 e. The summed E-state index contributed by atoms with van der Waals surface area (Å²) in [6.07, 6.45) is 2.89. The number of likely N-dealkylation sites (tertiary alicyclic amines) is 1. The van der Waals surface area contributed by atoms with E-state index in [0.29, 0.717) is 12.2 Å². The molecule has 5 nitrogen and oxygen atoms in total. The third-order valence-electron chi connectivity index (χ3n) is 4.81. The number of benzene rings is 2. The van der Waals surface area contributed by atoms with Gasteiger partial charge < -0.3 is 14.6 Å². The van der Waals surface area contributed by atoms with Gasteiger partial charge in [-0.3, -0.25) is 4.79 Å². The van der Waals surface area contributed by atoms with Gasteiger partial charge in [-0.1, -0.05) is 19.1 Å². The molecule has 0 saturated carbocycles. The third kappa shape index (κ3) is 3.17. The molecule has 2 aromatic carbocycles. The van der Waals surface area contributed by atoms with Gasteiger partial charge in [0.25, 0.3) is 5.91 Å². The summed E-state index contributed by atoms with van der Waals surface area (Å²) in [6.45, 7) is 3.52. The van der Waals surface area contributed by atoms with E-state index in [4.69, 9.17) is 9.72 Å². The molecule has 0 unspecified atom stereocenters. The molecular formula is C21H23N3O2. The second kappa shape index (κ2) is 7.20. The van der Waals surface area contributed by atoms with Gasteiger partial charge in [-0.2, -0.15) is 0 Å². The predicted octanol–water partition coefficient (Wildman–Crippen LogP) is 4.33. The number of aromatic nitrogens is 2. The quantitative estimate of drug-likeness (QED) is 0.746. The molecular weight excluding hydrogens is 326 g/mol. The van der Waals surface area contributed by atoms with Crippen LogP contribution in [0.3, 0.4) is 0 Å². The number of aromatic amines is 1. The van der Waals surface area contributed by atoms with Crippen molar-refractivity contribution in [1.29, 1.82) is 0 Å². The zero-order valence-electron chi connectivity index (χ0n) is 14.9. The van der Waals surface area contributed by atoms with E-state index in [9.17, 15) is 4.79 Å². The second-order valence-corrected chi connectivity index (χ2v) is 6.67. The van der Waals surface area contributed by atoms with Crippen LogP contribution in [0.1, 0.15) is 48.4 Å². The number of nitrogens with one attached hydrogen (secondary N) is 1. The maximum atomic E-state index is 13.0. The molecule has 134 valence electrons. The van der Waals surface area contributed by atoms with Gasteiger partial charge >= 0.3 is 0 Å². The molecule has 26 heavy (non-hydrogen) atoms. The largest absolute Gasteiger partial charge is 0.494 e. The third-order valence-corrected chi connectivity index (χ3v) is 4.81. The number of amides is 1. The van der Waals surface area contributed by atoms with Crippen molar-refractivity contribution in [2.24, 2.45) is 0 Å². The van der Waals surface area contributed by atoms with Crippen LogP contribution in [0.4, 0.5) is 0 Å². The van der Waals surface area contributed by atoms with Crippen LogP contribution in [0, 0.1) is 0 Å². The molecule has 1 saturated heterocycles. The Balaban J connectivity index is 1.54. The van der Waals surface area contributed by atoms with Gasteiger partial charge in [0.15, 0.2) is 0 Å². The van der Waals surface area contributed by atoms with Crippen molar-refractivity contribution in [3.05, 3.63) is 59.9 Å². The average Bonchev–Trinajstić information content (AvgIpc) is 3.32. The summed E-state index contributed by atoms with van der Waals surface area (Å²) in [6, 6.07) is 15.4. The summed E-state index contributed by atoms with van der Waals surface area (Å²) in [5.41, 5.74) is 2.65. The molecule has 0 spiro atoms. The molecule has 1 fully saturated rings. The predicted molar refractivity (Wildman–Crippen MR) is 101 cm³/mol. The highest BCUT2D eigenvalue weighted by Crippen LogP contribution is 2.32. The molecule has 1 aliphatic rings. The highest BCUT2D eigenvalue weighted by molar-refractivity contribution is 5.94. The highest BCUT2D eigenvalue weighted by atomic mass is 16.5. The number of carbonyl (C=O) groups is 1. The molecule has 1 amide bonds. The number of fused-ring (bicyclic) bond motifs is 1. The first-order valence-electron chi connectivity index (χ1n) is 9.24. The zero-order chi connectivity index (χ0) is 17.9. The first-order valence-corrected chi connectivity index (χ1v) is 9.24. The van der Waals surface area contributed by atoms with Crippen LogP contribution >= 0.6 is 0 Å². The smallest absolute Gasteiger partial charge is 0.254 e. The monoisotopic (exact) mass is 349 g/mol. The van der Waals surface area contributed by atoms with Gasteiger partial charge in [-0.25, -0.2) is 4.98 Å². The van der Waals surface area contributed by atoms with Crippen LogP contribution in [0.25, 0.3) is 11.0 Å². The summed E-state index contributed by atoms with van der Waals surface area (Å²) in [7, 11) is 0. The maximum Gasteiger partial charge on any atom is 0.254 e. The van der Waals surface area contributed by atoms with Gasteiger partial charge in [-0.05, 0) is 55.7 Å². The Morgan fingerprint density at radius 1 is 1.23 bits per heavy atom. The number of para-hydroxylation sites is 2. The Labute approximate surface area is 153 Å². The van der Waals surface area contributed by atoms with Crippen molar-refractivity contribution in [2.45, 2.75) is 32.2 Å². The molecule has 0 aliphatic carbocycles. The standard InChI is InChI=1S/C21H23N3O2/c1-2-14-26-16-11-9-15(10-12-16)21(25)24-13-5-8-19(24)20-22-17-6-3-4-7-18(17)23-20/h3-4,6-7,9-12,19H,2,5,8,13-14H2,1H3,(H,22,23)/t19-/m0/s1. The summed E-state index contributed by atoms with van der Waals surface area (Å²) in [4.78, 5) is 23.0. The minimum atomic E-state index is 0.00548. The van der Waals surface area contributed by atoms with E-state index in [2.05, 4.69) is 11.9 Å². The Morgan fingerprint density at radius 2 is 2.04 bits per heavy atom. The van der Waals surface area contributed by atoms with E-state index in [0.717, 1.165) is 48.4 Å². The molecule has 1 aliphatic heterocycles. The van der Waals surface area contributed by atoms with E-state index >= 15 is 0 Å². The van der Waals surface area contributed by atoms with Crippen molar-refractivity contribution in [2.75, 3.05) is 13.2 Å². The Kier molecular flexibility index (Phi) is 4.61. The van der Waals surface area contributed by atoms with E-state index in [1.54, 1.807) is 0 Å². The number of imidazole rings is 1. The van der Waals surface area contributed by atoms with Gasteiger partial charge in [0.1, 0.15) is 11.6 Å². The van der Waals surface area contributed by atoms with Gasteiger partial charge in [0.05, 0.1) is 23.7 Å². The van der Waals surface area contributed by atoms with Crippen LogP contribution in [0.2, 0.25) is 0 Å². The SMILES string of the molecule is CCCOc1ccc(C(=O)N2CCC[C@H]2c2nc3ccccc3[nH]2)cc1. The lowest BCUT2D eigenvalue weighted by Gasteiger charge is -2.23. The van der Waals surface area contributed by atoms with Crippen molar-refractivity contribution < 1.29 is 9.53 Å². The van der Waals surface area contributed by atoms with Crippen LogP contribution in [0.15, 0.2) is 48.5 Å². The normalized spacial score (nSPS) is 17.0.